The highest BCUT2D eigenvalue weighted by atomic mass is 32.2. The molecule has 1 aliphatic heterocycles. The number of aryl methyl sites for hydroxylation is 1. The maximum absolute atomic E-state index is 11.7. The number of sulfonamides is 1. The Bertz CT molecular complexity index is 772. The third kappa shape index (κ3) is 3.17. The van der Waals surface area contributed by atoms with E-state index in [1.807, 2.05) is 13.0 Å². The van der Waals surface area contributed by atoms with Crippen LogP contribution in [0.25, 0.3) is 11.4 Å². The second-order valence-corrected chi connectivity index (χ2v) is 7.65. The van der Waals surface area contributed by atoms with Gasteiger partial charge >= 0.3 is 0 Å². The Hall–Kier alpha value is -1.80. The summed E-state index contributed by atoms with van der Waals surface area (Å²) < 4.78 is 30.2. The number of hydrogen-bond acceptors (Lipinski definition) is 6. The highest BCUT2D eigenvalue weighted by Gasteiger charge is 2.30. The molecule has 1 fully saturated rings. The molecule has 2 aromatic rings. The summed E-state index contributed by atoms with van der Waals surface area (Å²) in [5.41, 5.74) is 1.82. The molecule has 0 N–H and O–H groups in total. The van der Waals surface area contributed by atoms with Crippen molar-refractivity contribution < 1.29 is 12.9 Å². The van der Waals surface area contributed by atoms with Crippen LogP contribution in [-0.2, 0) is 10.0 Å². The molecule has 7 nitrogen and oxygen atoms in total. The van der Waals surface area contributed by atoms with Gasteiger partial charge in [0.05, 0.1) is 12.2 Å². The first kappa shape index (κ1) is 15.1. The first-order valence-electron chi connectivity index (χ1n) is 7.14. The maximum atomic E-state index is 11.7. The predicted octanol–water partition coefficient (Wildman–Crippen LogP) is 1.58. The minimum absolute atomic E-state index is 0.0532. The van der Waals surface area contributed by atoms with Crippen LogP contribution in [0.15, 0.2) is 23.0 Å². The van der Waals surface area contributed by atoms with E-state index in [1.165, 1.54) is 10.6 Å². The molecule has 118 valence electrons. The van der Waals surface area contributed by atoms with Gasteiger partial charge in [-0.2, -0.15) is 4.98 Å². The van der Waals surface area contributed by atoms with Gasteiger partial charge in [0.25, 0.3) is 0 Å². The van der Waals surface area contributed by atoms with E-state index in [0.29, 0.717) is 24.8 Å². The van der Waals surface area contributed by atoms with Crippen molar-refractivity contribution in [2.45, 2.75) is 25.7 Å². The van der Waals surface area contributed by atoms with Crippen molar-refractivity contribution in [1.82, 2.24) is 19.4 Å². The Morgan fingerprint density at radius 3 is 2.91 bits per heavy atom. The summed E-state index contributed by atoms with van der Waals surface area (Å²) in [6.07, 6.45) is 6.31. The highest BCUT2D eigenvalue weighted by Crippen LogP contribution is 2.28. The summed E-state index contributed by atoms with van der Waals surface area (Å²) in [7, 11) is -3.18. The van der Waals surface area contributed by atoms with E-state index in [9.17, 15) is 8.42 Å². The highest BCUT2D eigenvalue weighted by molar-refractivity contribution is 7.88. The first-order valence-corrected chi connectivity index (χ1v) is 8.99. The van der Waals surface area contributed by atoms with Crippen LogP contribution in [0.2, 0.25) is 0 Å². The van der Waals surface area contributed by atoms with E-state index in [1.54, 1.807) is 12.4 Å². The van der Waals surface area contributed by atoms with Crippen molar-refractivity contribution in [1.29, 1.82) is 0 Å². The Morgan fingerprint density at radius 2 is 2.18 bits per heavy atom. The van der Waals surface area contributed by atoms with Crippen molar-refractivity contribution in [3.8, 4) is 11.4 Å². The SMILES string of the molecule is Cc1cncc(-c2noc([C@H]3CCCN(S(C)(=O)=O)C3)n2)c1. The maximum Gasteiger partial charge on any atom is 0.231 e. The number of aromatic nitrogens is 3. The number of rotatable bonds is 3. The molecule has 0 amide bonds. The molecule has 1 aliphatic rings. The fraction of sp³-hybridized carbons (Fsp3) is 0.500. The van der Waals surface area contributed by atoms with E-state index in [-0.39, 0.29) is 5.92 Å². The largest absolute Gasteiger partial charge is 0.339 e. The molecule has 3 heterocycles. The van der Waals surface area contributed by atoms with Crippen LogP contribution in [0.1, 0.15) is 30.2 Å². The number of nitrogens with zero attached hydrogens (tertiary/aromatic N) is 4. The van der Waals surface area contributed by atoms with Crippen molar-refractivity contribution in [2.75, 3.05) is 19.3 Å². The summed E-state index contributed by atoms with van der Waals surface area (Å²) in [6.45, 7) is 2.90. The Labute approximate surface area is 129 Å². The summed E-state index contributed by atoms with van der Waals surface area (Å²) in [5.74, 6) is 0.926. The molecule has 0 bridgehead atoms. The summed E-state index contributed by atoms with van der Waals surface area (Å²) in [6, 6.07) is 1.94. The molecule has 2 aromatic heterocycles. The van der Waals surface area contributed by atoms with Gasteiger partial charge in [0.15, 0.2) is 0 Å². The predicted molar refractivity (Wildman–Crippen MR) is 80.7 cm³/mol. The Morgan fingerprint density at radius 1 is 1.36 bits per heavy atom. The van der Waals surface area contributed by atoms with Gasteiger partial charge in [-0.15, -0.1) is 0 Å². The lowest BCUT2D eigenvalue weighted by atomic mass is 10.00. The lowest BCUT2D eigenvalue weighted by molar-refractivity contribution is 0.266. The van der Waals surface area contributed by atoms with Crippen LogP contribution in [0, 0.1) is 6.92 Å². The molecule has 1 atom stereocenters. The zero-order chi connectivity index (χ0) is 15.7. The Balaban J connectivity index is 1.82. The van der Waals surface area contributed by atoms with Gasteiger partial charge < -0.3 is 4.52 Å². The third-order valence-electron chi connectivity index (χ3n) is 3.78. The van der Waals surface area contributed by atoms with Gasteiger partial charge in [-0.05, 0) is 31.4 Å². The zero-order valence-corrected chi connectivity index (χ0v) is 13.4. The van der Waals surface area contributed by atoms with Crippen molar-refractivity contribution in [3.63, 3.8) is 0 Å². The van der Waals surface area contributed by atoms with Crippen molar-refractivity contribution in [2.24, 2.45) is 0 Å². The minimum Gasteiger partial charge on any atom is -0.339 e. The van der Waals surface area contributed by atoms with Crippen LogP contribution in [-0.4, -0.2) is 47.2 Å². The Kier molecular flexibility index (Phi) is 3.96. The quantitative estimate of drug-likeness (QED) is 0.852. The smallest absolute Gasteiger partial charge is 0.231 e. The van der Waals surface area contributed by atoms with Gasteiger partial charge in [-0.3, -0.25) is 4.98 Å². The van der Waals surface area contributed by atoms with Crippen molar-refractivity contribution in [3.05, 3.63) is 29.9 Å². The second-order valence-electron chi connectivity index (χ2n) is 5.67. The van der Waals surface area contributed by atoms with Crippen LogP contribution >= 0.6 is 0 Å². The molecular weight excluding hydrogens is 304 g/mol. The number of piperidine rings is 1. The molecule has 22 heavy (non-hydrogen) atoms. The van der Waals surface area contributed by atoms with Gasteiger partial charge in [0.2, 0.25) is 21.7 Å². The van der Waals surface area contributed by atoms with Gasteiger partial charge in [0.1, 0.15) is 0 Å². The first-order chi connectivity index (χ1) is 10.4. The fourth-order valence-electron chi connectivity index (χ4n) is 2.64. The number of pyridine rings is 1. The van der Waals surface area contributed by atoms with Gasteiger partial charge in [0, 0.05) is 31.0 Å². The average Bonchev–Trinajstić information content (AvgIpc) is 2.96. The average molecular weight is 322 g/mol. The third-order valence-corrected chi connectivity index (χ3v) is 5.05. The molecule has 0 unspecified atom stereocenters. The summed E-state index contributed by atoms with van der Waals surface area (Å²) >= 11 is 0. The van der Waals surface area contributed by atoms with E-state index in [4.69, 9.17) is 4.52 Å². The van der Waals surface area contributed by atoms with Crippen LogP contribution < -0.4 is 0 Å². The molecule has 3 rings (SSSR count). The van der Waals surface area contributed by atoms with Gasteiger partial charge in [-0.25, -0.2) is 12.7 Å². The summed E-state index contributed by atoms with van der Waals surface area (Å²) in [4.78, 5) is 8.54. The molecule has 8 heteroatoms. The standard InChI is InChI=1S/C14H18N4O3S/c1-10-6-12(8-15-7-10)13-16-14(21-17-13)11-4-3-5-18(9-11)22(2,19)20/h6-8,11H,3-5,9H2,1-2H3/t11-/m0/s1. The van der Waals surface area contributed by atoms with E-state index in [2.05, 4.69) is 15.1 Å². The molecule has 0 aliphatic carbocycles. The molecule has 0 saturated carbocycles. The normalized spacial score (nSPS) is 20.2. The van der Waals surface area contributed by atoms with E-state index >= 15 is 0 Å². The molecule has 0 aromatic carbocycles. The van der Waals surface area contributed by atoms with Crippen LogP contribution in [0.3, 0.4) is 0 Å². The second kappa shape index (κ2) is 5.77. The minimum atomic E-state index is -3.18. The fourth-order valence-corrected chi connectivity index (χ4v) is 3.55. The topological polar surface area (TPSA) is 89.2 Å². The lowest BCUT2D eigenvalue weighted by Gasteiger charge is -2.28. The zero-order valence-electron chi connectivity index (χ0n) is 12.6. The molecule has 0 spiro atoms. The lowest BCUT2D eigenvalue weighted by Crippen LogP contribution is -2.38. The van der Waals surface area contributed by atoms with Crippen molar-refractivity contribution >= 4 is 10.0 Å². The number of hydrogen-bond donors (Lipinski definition) is 0. The van der Waals surface area contributed by atoms with Gasteiger partial charge in [-0.1, -0.05) is 5.16 Å². The van der Waals surface area contributed by atoms with E-state index in [0.717, 1.165) is 24.0 Å². The monoisotopic (exact) mass is 322 g/mol. The van der Waals surface area contributed by atoms with Crippen LogP contribution in [0.4, 0.5) is 0 Å². The molecular formula is C14H18N4O3S. The summed E-state index contributed by atoms with van der Waals surface area (Å²) in [5, 5.41) is 4.00. The van der Waals surface area contributed by atoms with Crippen LogP contribution in [0.5, 0.6) is 0 Å². The van der Waals surface area contributed by atoms with E-state index < -0.39 is 10.0 Å². The molecule has 0 radical (unpaired) electrons. The molecule has 1 saturated heterocycles.